The van der Waals surface area contributed by atoms with Gasteiger partial charge in [-0.1, -0.05) is 11.6 Å². The van der Waals surface area contributed by atoms with Crippen molar-refractivity contribution in [3.8, 4) is 5.75 Å². The van der Waals surface area contributed by atoms with Crippen LogP contribution in [0.4, 0.5) is 5.69 Å². The molecular weight excluding hydrogens is 328 g/mol. The fourth-order valence-electron chi connectivity index (χ4n) is 2.54. The van der Waals surface area contributed by atoms with E-state index in [1.807, 2.05) is 6.07 Å². The number of nitrogens with one attached hydrogen (secondary N) is 1. The molecule has 24 heavy (non-hydrogen) atoms. The fourth-order valence-corrected chi connectivity index (χ4v) is 2.74. The average molecular weight is 345 g/mol. The van der Waals surface area contributed by atoms with Crippen molar-refractivity contribution >= 4 is 29.1 Å². The lowest BCUT2D eigenvalue weighted by atomic mass is 10.1. The van der Waals surface area contributed by atoms with E-state index in [1.165, 1.54) is 4.90 Å². The molecule has 0 unspecified atom stereocenters. The number of fused-ring (bicyclic) bond motifs is 1. The van der Waals surface area contributed by atoms with Crippen LogP contribution in [0, 0.1) is 0 Å². The lowest BCUT2D eigenvalue weighted by Crippen LogP contribution is -2.22. The van der Waals surface area contributed by atoms with Crippen molar-refractivity contribution in [2.24, 2.45) is 0 Å². The summed E-state index contributed by atoms with van der Waals surface area (Å²) >= 11 is 6.08. The normalized spacial score (nSPS) is 12.3. The van der Waals surface area contributed by atoms with Gasteiger partial charge in [0, 0.05) is 31.8 Å². The summed E-state index contributed by atoms with van der Waals surface area (Å²) in [6, 6.07) is 10.2. The highest BCUT2D eigenvalue weighted by molar-refractivity contribution is 6.34. The summed E-state index contributed by atoms with van der Waals surface area (Å²) in [6.45, 7) is 0.646. The Bertz CT molecular complexity index is 818. The molecule has 6 heteroatoms. The predicted octanol–water partition coefficient (Wildman–Crippen LogP) is 3.23. The van der Waals surface area contributed by atoms with Crippen molar-refractivity contribution in [1.29, 1.82) is 0 Å². The van der Waals surface area contributed by atoms with Crippen LogP contribution in [0.3, 0.4) is 0 Å². The first-order chi connectivity index (χ1) is 11.5. The zero-order chi connectivity index (χ0) is 17.3. The molecule has 1 aliphatic heterocycles. The maximum atomic E-state index is 12.4. The number of anilines is 1. The number of rotatable bonds is 3. The Kier molecular flexibility index (Phi) is 4.44. The van der Waals surface area contributed by atoms with Gasteiger partial charge in [-0.2, -0.15) is 0 Å². The van der Waals surface area contributed by atoms with E-state index >= 15 is 0 Å². The third-order valence-corrected chi connectivity index (χ3v) is 4.14. The van der Waals surface area contributed by atoms with Crippen molar-refractivity contribution in [1.82, 2.24) is 4.90 Å². The van der Waals surface area contributed by atoms with Gasteiger partial charge >= 0.3 is 0 Å². The second-order valence-corrected chi connectivity index (χ2v) is 6.18. The monoisotopic (exact) mass is 344 g/mol. The van der Waals surface area contributed by atoms with Gasteiger partial charge in [-0.05, 0) is 42.0 Å². The van der Waals surface area contributed by atoms with E-state index in [2.05, 4.69) is 5.32 Å². The molecule has 0 atom stereocenters. The lowest BCUT2D eigenvalue weighted by Gasteiger charge is -2.13. The highest BCUT2D eigenvalue weighted by Gasteiger charge is 2.17. The average Bonchev–Trinajstić information content (AvgIpc) is 3.03. The number of hydrogen-bond acceptors (Lipinski definition) is 3. The maximum Gasteiger partial charge on any atom is 0.255 e. The summed E-state index contributed by atoms with van der Waals surface area (Å²) in [5, 5.41) is 3.15. The van der Waals surface area contributed by atoms with E-state index in [-0.39, 0.29) is 11.8 Å². The van der Waals surface area contributed by atoms with E-state index in [9.17, 15) is 9.59 Å². The van der Waals surface area contributed by atoms with Crippen LogP contribution in [0.1, 0.15) is 26.3 Å². The van der Waals surface area contributed by atoms with Crippen LogP contribution < -0.4 is 10.1 Å². The van der Waals surface area contributed by atoms with Crippen LogP contribution in [-0.2, 0) is 6.42 Å². The van der Waals surface area contributed by atoms with Gasteiger partial charge < -0.3 is 15.0 Å². The number of halogens is 1. The Labute approximate surface area is 145 Å². The second kappa shape index (κ2) is 6.53. The van der Waals surface area contributed by atoms with Gasteiger partial charge in [0.15, 0.2) is 0 Å². The highest BCUT2D eigenvalue weighted by Crippen LogP contribution is 2.27. The topological polar surface area (TPSA) is 58.6 Å². The summed E-state index contributed by atoms with van der Waals surface area (Å²) in [5.41, 5.74) is 2.45. The molecule has 0 fully saturated rings. The maximum absolute atomic E-state index is 12.4. The largest absolute Gasteiger partial charge is 0.493 e. The van der Waals surface area contributed by atoms with Gasteiger partial charge in [0.05, 0.1) is 17.2 Å². The molecule has 0 aromatic heterocycles. The third kappa shape index (κ3) is 3.21. The molecule has 1 aliphatic rings. The number of nitrogens with zero attached hydrogens (tertiary/aromatic N) is 1. The molecule has 0 aliphatic carbocycles. The van der Waals surface area contributed by atoms with Crippen molar-refractivity contribution in [2.75, 3.05) is 26.0 Å². The molecule has 0 saturated heterocycles. The zero-order valence-corrected chi connectivity index (χ0v) is 14.2. The SMILES string of the molecule is CN(C)C(=O)c1cc(NC(=O)c2ccc3c(c2)CCO3)ccc1Cl. The summed E-state index contributed by atoms with van der Waals surface area (Å²) in [7, 11) is 3.30. The Morgan fingerprint density at radius 2 is 1.96 bits per heavy atom. The van der Waals surface area contributed by atoms with E-state index in [0.29, 0.717) is 28.4 Å². The van der Waals surface area contributed by atoms with Crippen LogP contribution in [0.25, 0.3) is 0 Å². The molecule has 1 N–H and O–H groups in total. The number of amides is 2. The zero-order valence-electron chi connectivity index (χ0n) is 13.4. The smallest absolute Gasteiger partial charge is 0.255 e. The van der Waals surface area contributed by atoms with Crippen LogP contribution in [0.15, 0.2) is 36.4 Å². The highest BCUT2D eigenvalue weighted by atomic mass is 35.5. The van der Waals surface area contributed by atoms with Gasteiger partial charge in [-0.25, -0.2) is 0 Å². The van der Waals surface area contributed by atoms with Crippen molar-refractivity contribution in [3.05, 3.63) is 58.1 Å². The molecule has 0 spiro atoms. The standard InChI is InChI=1S/C18H17ClN2O3/c1-21(2)18(23)14-10-13(4-5-15(14)19)20-17(22)12-3-6-16-11(9-12)7-8-24-16/h3-6,9-10H,7-8H2,1-2H3,(H,20,22). The van der Waals surface area contributed by atoms with Gasteiger partial charge in [-0.15, -0.1) is 0 Å². The summed E-state index contributed by atoms with van der Waals surface area (Å²) in [5.74, 6) is 0.373. The quantitative estimate of drug-likeness (QED) is 0.930. The molecule has 5 nitrogen and oxygen atoms in total. The third-order valence-electron chi connectivity index (χ3n) is 3.81. The molecule has 3 rings (SSSR count). The number of carbonyl (C=O) groups excluding carboxylic acids is 2. The molecule has 2 amide bonds. The first-order valence-electron chi connectivity index (χ1n) is 7.54. The van der Waals surface area contributed by atoms with Crippen LogP contribution in [0.5, 0.6) is 5.75 Å². The van der Waals surface area contributed by atoms with Crippen LogP contribution in [-0.4, -0.2) is 37.4 Å². The minimum atomic E-state index is -0.240. The van der Waals surface area contributed by atoms with Crippen molar-refractivity contribution < 1.29 is 14.3 Å². The molecule has 0 radical (unpaired) electrons. The van der Waals surface area contributed by atoms with Crippen LogP contribution in [0.2, 0.25) is 5.02 Å². The van der Waals surface area contributed by atoms with Gasteiger partial charge in [0.25, 0.3) is 11.8 Å². The summed E-state index contributed by atoms with van der Waals surface area (Å²) < 4.78 is 5.44. The summed E-state index contributed by atoms with van der Waals surface area (Å²) in [6.07, 6.45) is 0.804. The Hall–Kier alpha value is -2.53. The molecule has 124 valence electrons. The molecule has 0 saturated carbocycles. The van der Waals surface area contributed by atoms with E-state index in [1.54, 1.807) is 44.4 Å². The Morgan fingerprint density at radius 3 is 2.71 bits per heavy atom. The fraction of sp³-hybridized carbons (Fsp3) is 0.222. The number of benzene rings is 2. The van der Waals surface area contributed by atoms with Crippen LogP contribution >= 0.6 is 11.6 Å². The molecule has 2 aromatic carbocycles. The first kappa shape index (κ1) is 16.3. The van der Waals surface area contributed by atoms with E-state index < -0.39 is 0 Å². The lowest BCUT2D eigenvalue weighted by molar-refractivity contribution is 0.0827. The Morgan fingerprint density at radius 1 is 1.17 bits per heavy atom. The van der Waals surface area contributed by atoms with Crippen molar-refractivity contribution in [3.63, 3.8) is 0 Å². The van der Waals surface area contributed by atoms with Crippen molar-refractivity contribution in [2.45, 2.75) is 6.42 Å². The minimum Gasteiger partial charge on any atom is -0.493 e. The molecular formula is C18H17ClN2O3. The minimum absolute atomic E-state index is 0.217. The first-order valence-corrected chi connectivity index (χ1v) is 7.92. The predicted molar refractivity (Wildman–Crippen MR) is 93.1 cm³/mol. The number of carbonyl (C=O) groups is 2. The van der Waals surface area contributed by atoms with E-state index in [4.69, 9.17) is 16.3 Å². The van der Waals surface area contributed by atoms with E-state index in [0.717, 1.165) is 17.7 Å². The molecule has 2 aromatic rings. The molecule has 0 bridgehead atoms. The summed E-state index contributed by atoms with van der Waals surface area (Å²) in [4.78, 5) is 26.0. The number of ether oxygens (including phenoxy) is 1. The second-order valence-electron chi connectivity index (χ2n) is 5.77. The van der Waals surface area contributed by atoms with Gasteiger partial charge in [0.2, 0.25) is 0 Å². The Balaban J connectivity index is 1.82. The number of hydrogen-bond donors (Lipinski definition) is 1. The molecule has 1 heterocycles. The van der Waals surface area contributed by atoms with Gasteiger partial charge in [0.1, 0.15) is 5.75 Å². The van der Waals surface area contributed by atoms with Gasteiger partial charge in [-0.3, -0.25) is 9.59 Å².